The second kappa shape index (κ2) is 5.45. The summed E-state index contributed by atoms with van der Waals surface area (Å²) in [5.41, 5.74) is 16.4. The molecule has 2 aromatic heterocycles. The number of nitrogen functional groups attached to an aromatic ring is 1. The van der Waals surface area contributed by atoms with Crippen LogP contribution in [0, 0.1) is 13.8 Å². The summed E-state index contributed by atoms with van der Waals surface area (Å²) < 4.78 is 1.74. The van der Waals surface area contributed by atoms with Gasteiger partial charge in [-0.2, -0.15) is 0 Å². The van der Waals surface area contributed by atoms with Crippen LogP contribution in [-0.2, 0) is 0 Å². The van der Waals surface area contributed by atoms with Crippen molar-refractivity contribution in [2.45, 2.75) is 13.8 Å². The molecule has 2 heterocycles. The molecule has 4 aromatic rings. The normalized spacial score (nSPS) is 11.3. The number of aromatic nitrogens is 3. The first-order valence-corrected chi connectivity index (χ1v) is 8.04. The van der Waals surface area contributed by atoms with E-state index in [0.29, 0.717) is 33.2 Å². The summed E-state index contributed by atoms with van der Waals surface area (Å²) in [6, 6.07) is 7.02. The SMILES string of the molecule is Cc1ccc(O)c(C)c1-n1c(N)c(C(N)=O)c2cc3nccnc3cc21. The summed E-state index contributed by atoms with van der Waals surface area (Å²) in [5.74, 6) is -0.252. The molecule has 130 valence electrons. The highest BCUT2D eigenvalue weighted by atomic mass is 16.3. The highest BCUT2D eigenvalue weighted by molar-refractivity contribution is 6.14. The minimum Gasteiger partial charge on any atom is -0.508 e. The Kier molecular flexibility index (Phi) is 3.33. The Morgan fingerprint density at radius 2 is 1.77 bits per heavy atom. The maximum Gasteiger partial charge on any atom is 0.253 e. The van der Waals surface area contributed by atoms with Gasteiger partial charge in [0.15, 0.2) is 0 Å². The van der Waals surface area contributed by atoms with Crippen LogP contribution in [-0.4, -0.2) is 25.5 Å². The molecule has 1 amide bonds. The van der Waals surface area contributed by atoms with Crippen molar-refractivity contribution >= 4 is 33.7 Å². The van der Waals surface area contributed by atoms with Gasteiger partial charge in [0.2, 0.25) is 0 Å². The quantitative estimate of drug-likeness (QED) is 0.515. The molecule has 26 heavy (non-hydrogen) atoms. The molecule has 0 bridgehead atoms. The summed E-state index contributed by atoms with van der Waals surface area (Å²) in [6.45, 7) is 3.71. The van der Waals surface area contributed by atoms with Crippen LogP contribution in [0.1, 0.15) is 21.5 Å². The van der Waals surface area contributed by atoms with Gasteiger partial charge in [-0.3, -0.25) is 19.3 Å². The molecule has 0 unspecified atom stereocenters. The van der Waals surface area contributed by atoms with Crippen molar-refractivity contribution in [3.05, 3.63) is 53.3 Å². The molecule has 0 spiro atoms. The molecule has 0 fully saturated rings. The Balaban J connectivity index is 2.23. The number of primary amides is 1. The number of anilines is 1. The maximum absolute atomic E-state index is 12.1. The van der Waals surface area contributed by atoms with E-state index in [9.17, 15) is 9.90 Å². The number of aryl methyl sites for hydroxylation is 1. The Bertz CT molecular complexity index is 1210. The van der Waals surface area contributed by atoms with Crippen LogP contribution >= 0.6 is 0 Å². The third kappa shape index (κ3) is 2.10. The van der Waals surface area contributed by atoms with Crippen molar-refractivity contribution in [1.29, 1.82) is 0 Å². The molecule has 0 radical (unpaired) electrons. The van der Waals surface area contributed by atoms with Gasteiger partial charge >= 0.3 is 0 Å². The number of rotatable bonds is 2. The number of hydrogen-bond acceptors (Lipinski definition) is 5. The van der Waals surface area contributed by atoms with Crippen molar-refractivity contribution in [2.75, 3.05) is 5.73 Å². The molecule has 0 aliphatic carbocycles. The predicted molar refractivity (Wildman–Crippen MR) is 100 cm³/mol. The van der Waals surface area contributed by atoms with E-state index in [1.807, 2.05) is 13.0 Å². The monoisotopic (exact) mass is 347 g/mol. The van der Waals surface area contributed by atoms with Gasteiger partial charge in [-0.15, -0.1) is 0 Å². The van der Waals surface area contributed by atoms with Crippen LogP contribution in [0.2, 0.25) is 0 Å². The molecule has 4 rings (SSSR count). The Morgan fingerprint density at radius 3 is 2.42 bits per heavy atom. The molecular weight excluding hydrogens is 330 g/mol. The topological polar surface area (TPSA) is 120 Å². The predicted octanol–water partition coefficient (Wildman–Crippen LogP) is 2.58. The Morgan fingerprint density at radius 1 is 1.12 bits per heavy atom. The minimum atomic E-state index is -0.620. The third-order valence-corrected chi connectivity index (χ3v) is 4.67. The number of amides is 1. The number of nitrogens with two attached hydrogens (primary N) is 2. The number of carbonyl (C=O) groups is 1. The molecular formula is C19H17N5O2. The molecule has 0 saturated carbocycles. The van der Waals surface area contributed by atoms with Crippen LogP contribution in [0.25, 0.3) is 27.6 Å². The lowest BCUT2D eigenvalue weighted by Crippen LogP contribution is -2.14. The Labute approximate surface area is 148 Å². The van der Waals surface area contributed by atoms with E-state index in [1.165, 1.54) is 0 Å². The molecule has 0 saturated heterocycles. The van der Waals surface area contributed by atoms with Crippen molar-refractivity contribution in [2.24, 2.45) is 5.73 Å². The lowest BCUT2D eigenvalue weighted by Gasteiger charge is -2.16. The second-order valence-electron chi connectivity index (χ2n) is 6.25. The smallest absolute Gasteiger partial charge is 0.253 e. The van der Waals surface area contributed by atoms with Crippen LogP contribution in [0.3, 0.4) is 0 Å². The number of phenolic OH excluding ortho intramolecular Hbond substituents is 1. The molecule has 0 atom stereocenters. The van der Waals surface area contributed by atoms with Crippen molar-refractivity contribution in [1.82, 2.24) is 14.5 Å². The fourth-order valence-corrected chi connectivity index (χ4v) is 3.43. The van der Waals surface area contributed by atoms with E-state index in [2.05, 4.69) is 9.97 Å². The zero-order valence-electron chi connectivity index (χ0n) is 14.3. The number of benzene rings is 2. The molecule has 5 N–H and O–H groups in total. The van der Waals surface area contributed by atoms with Crippen molar-refractivity contribution in [3.63, 3.8) is 0 Å². The van der Waals surface area contributed by atoms with E-state index in [4.69, 9.17) is 11.5 Å². The number of hydrogen-bond donors (Lipinski definition) is 3. The fraction of sp³-hybridized carbons (Fsp3) is 0.105. The molecule has 7 heteroatoms. The summed E-state index contributed by atoms with van der Waals surface area (Å²) in [7, 11) is 0. The summed E-state index contributed by atoms with van der Waals surface area (Å²) in [5, 5.41) is 10.8. The summed E-state index contributed by atoms with van der Waals surface area (Å²) >= 11 is 0. The van der Waals surface area contributed by atoms with E-state index in [-0.39, 0.29) is 17.1 Å². The number of phenols is 1. The van der Waals surface area contributed by atoms with E-state index < -0.39 is 5.91 Å². The van der Waals surface area contributed by atoms with E-state index in [0.717, 1.165) is 5.56 Å². The third-order valence-electron chi connectivity index (χ3n) is 4.67. The van der Waals surface area contributed by atoms with Gasteiger partial charge in [0.25, 0.3) is 5.91 Å². The van der Waals surface area contributed by atoms with Gasteiger partial charge in [-0.1, -0.05) is 6.07 Å². The van der Waals surface area contributed by atoms with Gasteiger partial charge in [-0.25, -0.2) is 0 Å². The first-order chi connectivity index (χ1) is 12.4. The standard InChI is InChI=1S/C19H17N5O2/c1-9-3-4-15(25)10(2)17(9)24-14-8-13-12(22-5-6-23-13)7-11(14)16(18(24)20)19(21)26/h3-8,25H,20H2,1-2H3,(H2,21,26). The lowest BCUT2D eigenvalue weighted by molar-refractivity contribution is 0.100. The van der Waals surface area contributed by atoms with Crippen LogP contribution in [0.15, 0.2) is 36.7 Å². The summed E-state index contributed by atoms with van der Waals surface area (Å²) in [4.78, 5) is 20.7. The van der Waals surface area contributed by atoms with Gasteiger partial charge < -0.3 is 16.6 Å². The molecule has 2 aromatic carbocycles. The largest absolute Gasteiger partial charge is 0.508 e. The highest BCUT2D eigenvalue weighted by Gasteiger charge is 2.23. The number of nitrogens with zero attached hydrogens (tertiary/aromatic N) is 3. The van der Waals surface area contributed by atoms with Crippen molar-refractivity contribution < 1.29 is 9.90 Å². The average molecular weight is 347 g/mol. The first-order valence-electron chi connectivity index (χ1n) is 8.04. The van der Waals surface area contributed by atoms with E-state index in [1.54, 1.807) is 42.1 Å². The molecule has 7 nitrogen and oxygen atoms in total. The first kappa shape index (κ1) is 15.9. The minimum absolute atomic E-state index is 0.146. The summed E-state index contributed by atoms with van der Waals surface area (Å²) in [6.07, 6.45) is 3.19. The zero-order chi connectivity index (χ0) is 18.6. The lowest BCUT2D eigenvalue weighted by atomic mass is 10.1. The van der Waals surface area contributed by atoms with Gasteiger partial charge in [0, 0.05) is 23.3 Å². The zero-order valence-corrected chi connectivity index (χ0v) is 14.3. The average Bonchev–Trinajstić information content (AvgIpc) is 2.88. The van der Waals surface area contributed by atoms with Gasteiger partial charge in [-0.05, 0) is 37.6 Å². The number of aromatic hydroxyl groups is 1. The van der Waals surface area contributed by atoms with E-state index >= 15 is 0 Å². The van der Waals surface area contributed by atoms with Gasteiger partial charge in [0.05, 0.1) is 27.8 Å². The van der Waals surface area contributed by atoms with Crippen LogP contribution in [0.5, 0.6) is 5.75 Å². The number of fused-ring (bicyclic) bond motifs is 2. The van der Waals surface area contributed by atoms with Gasteiger partial charge in [0.1, 0.15) is 11.6 Å². The fourth-order valence-electron chi connectivity index (χ4n) is 3.43. The molecule has 0 aliphatic heterocycles. The molecule has 0 aliphatic rings. The van der Waals surface area contributed by atoms with Crippen LogP contribution in [0.4, 0.5) is 5.82 Å². The van der Waals surface area contributed by atoms with Crippen molar-refractivity contribution in [3.8, 4) is 11.4 Å². The second-order valence-corrected chi connectivity index (χ2v) is 6.25. The maximum atomic E-state index is 12.1. The van der Waals surface area contributed by atoms with Crippen LogP contribution < -0.4 is 11.5 Å². The highest BCUT2D eigenvalue weighted by Crippen LogP contribution is 2.37. The number of carbonyl (C=O) groups excluding carboxylic acids is 1. The Hall–Kier alpha value is -3.61.